The Labute approximate surface area is 148 Å². The molecule has 0 saturated carbocycles. The number of nitrogens with one attached hydrogen (secondary N) is 2. The predicted octanol–water partition coefficient (Wildman–Crippen LogP) is 2.91. The molecule has 0 fully saturated rings. The summed E-state index contributed by atoms with van der Waals surface area (Å²) in [6, 6.07) is 9.10. The molecule has 0 saturated heterocycles. The monoisotopic (exact) mass is 364 g/mol. The van der Waals surface area contributed by atoms with E-state index in [0.29, 0.717) is 5.76 Å². The van der Waals surface area contributed by atoms with Crippen LogP contribution in [0.5, 0.6) is 0 Å². The van der Waals surface area contributed by atoms with E-state index in [2.05, 4.69) is 10.0 Å². The second-order valence-electron chi connectivity index (χ2n) is 6.08. The number of carbonyl (C=O) groups excluding carboxylic acids is 1. The molecule has 136 valence electrons. The van der Waals surface area contributed by atoms with Gasteiger partial charge in [-0.15, -0.1) is 0 Å². The third-order valence-electron chi connectivity index (χ3n) is 3.92. The van der Waals surface area contributed by atoms with Gasteiger partial charge < -0.3 is 9.73 Å². The first-order valence-electron chi connectivity index (χ1n) is 8.23. The van der Waals surface area contributed by atoms with Gasteiger partial charge in [-0.3, -0.25) is 4.79 Å². The molecule has 2 unspecified atom stereocenters. The number of hydrogen-bond acceptors (Lipinski definition) is 4. The molecule has 0 aliphatic heterocycles. The molecule has 2 aromatic rings. The minimum Gasteiger partial charge on any atom is -0.468 e. The Morgan fingerprint density at radius 1 is 1.20 bits per heavy atom. The van der Waals surface area contributed by atoms with Gasteiger partial charge in [-0.1, -0.05) is 24.6 Å². The van der Waals surface area contributed by atoms with Crippen molar-refractivity contribution in [3.8, 4) is 0 Å². The number of sulfonamides is 1. The molecule has 0 aliphatic carbocycles. The van der Waals surface area contributed by atoms with Crippen molar-refractivity contribution < 1.29 is 17.6 Å². The highest BCUT2D eigenvalue weighted by Gasteiger charge is 2.25. The molecule has 0 spiro atoms. The van der Waals surface area contributed by atoms with Gasteiger partial charge in [0.25, 0.3) is 0 Å². The Balaban J connectivity index is 2.19. The van der Waals surface area contributed by atoms with Crippen LogP contribution in [0.4, 0.5) is 0 Å². The van der Waals surface area contributed by atoms with Crippen LogP contribution >= 0.6 is 0 Å². The molecule has 6 nitrogen and oxygen atoms in total. The average Bonchev–Trinajstić information content (AvgIpc) is 3.08. The first-order valence-corrected chi connectivity index (χ1v) is 9.72. The van der Waals surface area contributed by atoms with Gasteiger partial charge in [0.15, 0.2) is 0 Å². The third-order valence-corrected chi connectivity index (χ3v) is 5.41. The summed E-state index contributed by atoms with van der Waals surface area (Å²) in [4.78, 5) is 12.3. The lowest BCUT2D eigenvalue weighted by molar-refractivity contribution is -0.122. The Morgan fingerprint density at radius 3 is 2.44 bits per heavy atom. The van der Waals surface area contributed by atoms with Crippen LogP contribution in [0.1, 0.15) is 44.1 Å². The fourth-order valence-corrected chi connectivity index (χ4v) is 3.49. The second-order valence-corrected chi connectivity index (χ2v) is 7.80. The molecule has 2 rings (SSSR count). The van der Waals surface area contributed by atoms with Crippen LogP contribution in [0, 0.1) is 6.92 Å². The molecule has 0 aliphatic rings. The Bertz CT molecular complexity index is 783. The predicted molar refractivity (Wildman–Crippen MR) is 95.5 cm³/mol. The summed E-state index contributed by atoms with van der Waals surface area (Å²) in [7, 11) is -3.77. The summed E-state index contributed by atoms with van der Waals surface area (Å²) in [6.45, 7) is 5.75. The maximum Gasteiger partial charge on any atom is 0.241 e. The standard InChI is InChI=1S/C18H24N2O4S/c1-4-14(3)19-18(21)12-16(17-6-5-11-24-17)20-25(22,23)15-9-7-13(2)8-10-15/h5-11,14,16,20H,4,12H2,1-3H3,(H,19,21). The Hall–Kier alpha value is -2.12. The highest BCUT2D eigenvalue weighted by molar-refractivity contribution is 7.89. The zero-order chi connectivity index (χ0) is 18.4. The summed E-state index contributed by atoms with van der Waals surface area (Å²) in [5.41, 5.74) is 0.967. The maximum absolute atomic E-state index is 12.6. The van der Waals surface area contributed by atoms with Crippen molar-refractivity contribution in [2.24, 2.45) is 0 Å². The lowest BCUT2D eigenvalue weighted by Crippen LogP contribution is -2.37. The van der Waals surface area contributed by atoms with Gasteiger partial charge in [-0.25, -0.2) is 8.42 Å². The van der Waals surface area contributed by atoms with Gasteiger partial charge in [0, 0.05) is 6.04 Å². The second kappa shape index (κ2) is 8.31. The smallest absolute Gasteiger partial charge is 0.241 e. The summed E-state index contributed by atoms with van der Waals surface area (Å²) >= 11 is 0. The van der Waals surface area contributed by atoms with E-state index in [1.807, 2.05) is 20.8 Å². The van der Waals surface area contributed by atoms with Crippen molar-refractivity contribution in [2.45, 2.75) is 50.6 Å². The summed E-state index contributed by atoms with van der Waals surface area (Å²) < 4.78 is 33.1. The molecule has 1 aromatic carbocycles. The van der Waals surface area contributed by atoms with E-state index in [1.165, 1.54) is 18.4 Å². The normalized spacial score (nSPS) is 14.0. The Kier molecular flexibility index (Phi) is 6.39. The minimum absolute atomic E-state index is 0.0263. The molecule has 7 heteroatoms. The zero-order valence-electron chi connectivity index (χ0n) is 14.7. The third kappa shape index (κ3) is 5.44. The first kappa shape index (κ1) is 19.2. The van der Waals surface area contributed by atoms with Gasteiger partial charge in [-0.2, -0.15) is 4.72 Å². The lowest BCUT2D eigenvalue weighted by Gasteiger charge is -2.18. The molecule has 2 N–H and O–H groups in total. The van der Waals surface area contributed by atoms with Gasteiger partial charge in [0.2, 0.25) is 15.9 Å². The van der Waals surface area contributed by atoms with Gasteiger partial charge in [-0.05, 0) is 44.5 Å². The van der Waals surface area contributed by atoms with Crippen LogP contribution in [0.15, 0.2) is 52.0 Å². The highest BCUT2D eigenvalue weighted by Crippen LogP contribution is 2.21. The topological polar surface area (TPSA) is 88.4 Å². The fourth-order valence-electron chi connectivity index (χ4n) is 2.28. The fraction of sp³-hybridized carbons (Fsp3) is 0.389. The van der Waals surface area contributed by atoms with Crippen LogP contribution in [0.3, 0.4) is 0 Å². The van der Waals surface area contributed by atoms with Crippen LogP contribution in [0.2, 0.25) is 0 Å². The zero-order valence-corrected chi connectivity index (χ0v) is 15.5. The SMILES string of the molecule is CCC(C)NC(=O)CC(NS(=O)(=O)c1ccc(C)cc1)c1ccco1. The number of furan rings is 1. The average molecular weight is 364 g/mol. The molecule has 2 atom stereocenters. The van der Waals surface area contributed by atoms with Crippen LogP contribution in [0.25, 0.3) is 0 Å². The largest absolute Gasteiger partial charge is 0.468 e. The van der Waals surface area contributed by atoms with E-state index in [0.717, 1.165) is 12.0 Å². The number of hydrogen-bond donors (Lipinski definition) is 2. The minimum atomic E-state index is -3.77. The molecule has 1 amide bonds. The van der Waals surface area contributed by atoms with Crippen molar-refractivity contribution in [2.75, 3.05) is 0 Å². The van der Waals surface area contributed by atoms with E-state index in [-0.39, 0.29) is 23.3 Å². The molecular weight excluding hydrogens is 340 g/mol. The number of amides is 1. The molecule has 0 radical (unpaired) electrons. The summed E-state index contributed by atoms with van der Waals surface area (Å²) in [6.07, 6.45) is 2.21. The molecule has 25 heavy (non-hydrogen) atoms. The first-order chi connectivity index (χ1) is 11.8. The molecule has 0 bridgehead atoms. The van der Waals surface area contributed by atoms with Gasteiger partial charge in [0.1, 0.15) is 5.76 Å². The van der Waals surface area contributed by atoms with E-state index in [4.69, 9.17) is 4.42 Å². The number of rotatable bonds is 8. The number of aryl methyl sites for hydroxylation is 1. The van der Waals surface area contributed by atoms with E-state index < -0.39 is 16.1 Å². The highest BCUT2D eigenvalue weighted by atomic mass is 32.2. The number of benzene rings is 1. The van der Waals surface area contributed by atoms with E-state index >= 15 is 0 Å². The van der Waals surface area contributed by atoms with Crippen molar-refractivity contribution >= 4 is 15.9 Å². The van der Waals surface area contributed by atoms with Gasteiger partial charge >= 0.3 is 0 Å². The van der Waals surface area contributed by atoms with Crippen molar-refractivity contribution in [3.63, 3.8) is 0 Å². The van der Waals surface area contributed by atoms with Crippen LogP contribution in [-0.2, 0) is 14.8 Å². The lowest BCUT2D eigenvalue weighted by atomic mass is 10.1. The molecule has 1 heterocycles. The van der Waals surface area contributed by atoms with Gasteiger partial charge in [0.05, 0.1) is 23.6 Å². The van der Waals surface area contributed by atoms with Crippen molar-refractivity contribution in [1.82, 2.24) is 10.0 Å². The quantitative estimate of drug-likeness (QED) is 0.754. The Morgan fingerprint density at radius 2 is 1.88 bits per heavy atom. The summed E-state index contributed by atoms with van der Waals surface area (Å²) in [5, 5.41) is 2.84. The van der Waals surface area contributed by atoms with E-state index in [9.17, 15) is 13.2 Å². The van der Waals surface area contributed by atoms with Crippen molar-refractivity contribution in [1.29, 1.82) is 0 Å². The van der Waals surface area contributed by atoms with Crippen molar-refractivity contribution in [3.05, 3.63) is 54.0 Å². The van der Waals surface area contributed by atoms with Crippen LogP contribution in [-0.4, -0.2) is 20.4 Å². The van der Waals surface area contributed by atoms with Crippen LogP contribution < -0.4 is 10.0 Å². The number of carbonyl (C=O) groups is 1. The molecular formula is C18H24N2O4S. The van der Waals surface area contributed by atoms with E-state index in [1.54, 1.807) is 24.3 Å². The summed E-state index contributed by atoms with van der Waals surface area (Å²) in [5.74, 6) is 0.164. The maximum atomic E-state index is 12.6. The molecule has 1 aromatic heterocycles.